The van der Waals surface area contributed by atoms with Crippen molar-refractivity contribution in [1.29, 1.82) is 0 Å². The van der Waals surface area contributed by atoms with E-state index in [0.717, 1.165) is 5.56 Å². The van der Waals surface area contributed by atoms with Crippen LogP contribution in [0.4, 0.5) is 10.1 Å². The van der Waals surface area contributed by atoms with Crippen LogP contribution in [0, 0.1) is 5.82 Å². The Hall–Kier alpha value is -2.15. The van der Waals surface area contributed by atoms with E-state index in [2.05, 4.69) is 10.6 Å². The summed E-state index contributed by atoms with van der Waals surface area (Å²) in [7, 11) is 0. The van der Waals surface area contributed by atoms with Crippen molar-refractivity contribution < 1.29 is 19.4 Å². The summed E-state index contributed by atoms with van der Waals surface area (Å²) in [6.07, 6.45) is -1.02. The molecule has 7 heteroatoms. The highest BCUT2D eigenvalue weighted by molar-refractivity contribution is 6.30. The molecule has 26 heavy (non-hydrogen) atoms. The van der Waals surface area contributed by atoms with E-state index in [1.165, 1.54) is 12.1 Å². The number of hydrogen-bond acceptors (Lipinski definition) is 4. The third-order valence-corrected chi connectivity index (χ3v) is 4.14. The average Bonchev–Trinajstić information content (AvgIpc) is 2.59. The van der Waals surface area contributed by atoms with Crippen LogP contribution in [0.25, 0.3) is 0 Å². The van der Waals surface area contributed by atoms with Crippen molar-refractivity contribution in [3.05, 3.63) is 64.4 Å². The standard InChI is InChI=1S/C19H22ClFN2O3/c1-12(22-11-18(24)14-3-2-4-15(20)7-14)10-23-16-6-5-13(8-19(25)26)17(21)9-16/h2-7,9,12,18,22-24H,8,10-11H2,1H3,(H,25,26). The van der Waals surface area contributed by atoms with Crippen LogP contribution in [-0.4, -0.2) is 35.3 Å². The monoisotopic (exact) mass is 380 g/mol. The zero-order valence-electron chi connectivity index (χ0n) is 14.4. The summed E-state index contributed by atoms with van der Waals surface area (Å²) >= 11 is 5.92. The van der Waals surface area contributed by atoms with Gasteiger partial charge in [-0.3, -0.25) is 4.79 Å². The third-order valence-electron chi connectivity index (χ3n) is 3.90. The van der Waals surface area contributed by atoms with E-state index < -0.39 is 17.9 Å². The van der Waals surface area contributed by atoms with Gasteiger partial charge in [0.15, 0.2) is 0 Å². The van der Waals surface area contributed by atoms with Crippen molar-refractivity contribution in [3.63, 3.8) is 0 Å². The van der Waals surface area contributed by atoms with E-state index in [-0.39, 0.29) is 18.0 Å². The number of nitrogens with one attached hydrogen (secondary N) is 2. The molecule has 2 aromatic rings. The van der Waals surface area contributed by atoms with Gasteiger partial charge in [0.2, 0.25) is 0 Å². The maximum atomic E-state index is 13.8. The first-order chi connectivity index (χ1) is 12.3. The second kappa shape index (κ2) is 9.52. The van der Waals surface area contributed by atoms with Gasteiger partial charge in [-0.2, -0.15) is 0 Å². The summed E-state index contributed by atoms with van der Waals surface area (Å²) in [4.78, 5) is 10.7. The van der Waals surface area contributed by atoms with Gasteiger partial charge < -0.3 is 20.8 Å². The zero-order valence-corrected chi connectivity index (χ0v) is 15.1. The van der Waals surface area contributed by atoms with Crippen LogP contribution >= 0.6 is 11.6 Å². The minimum Gasteiger partial charge on any atom is -0.481 e. The molecule has 2 unspecified atom stereocenters. The molecule has 0 saturated carbocycles. The third kappa shape index (κ3) is 6.29. The molecule has 2 atom stereocenters. The summed E-state index contributed by atoms with van der Waals surface area (Å²) in [6, 6.07) is 11.5. The highest BCUT2D eigenvalue weighted by atomic mass is 35.5. The van der Waals surface area contributed by atoms with Crippen molar-refractivity contribution in [2.45, 2.75) is 25.5 Å². The fraction of sp³-hybridized carbons (Fsp3) is 0.316. The second-order valence-corrected chi connectivity index (χ2v) is 6.57. The molecule has 0 heterocycles. The average molecular weight is 381 g/mol. The topological polar surface area (TPSA) is 81.6 Å². The molecule has 0 bridgehead atoms. The number of aliphatic hydroxyl groups is 1. The quantitative estimate of drug-likeness (QED) is 0.537. The van der Waals surface area contributed by atoms with Crippen molar-refractivity contribution in [1.82, 2.24) is 5.32 Å². The van der Waals surface area contributed by atoms with Crippen molar-refractivity contribution >= 4 is 23.3 Å². The molecule has 0 radical (unpaired) electrons. The smallest absolute Gasteiger partial charge is 0.307 e. The van der Waals surface area contributed by atoms with E-state index in [0.29, 0.717) is 23.8 Å². The Bertz CT molecular complexity index is 757. The highest BCUT2D eigenvalue weighted by Gasteiger charge is 2.11. The molecule has 0 spiro atoms. The first-order valence-electron chi connectivity index (χ1n) is 8.26. The molecule has 0 aliphatic rings. The summed E-state index contributed by atoms with van der Waals surface area (Å²) in [5, 5.41) is 25.8. The molecule has 0 aliphatic heterocycles. The Morgan fingerprint density at radius 2 is 2.00 bits per heavy atom. The SMILES string of the molecule is CC(CNc1ccc(CC(=O)O)c(F)c1)NCC(O)c1cccc(Cl)c1. The number of anilines is 1. The first-order valence-corrected chi connectivity index (χ1v) is 8.64. The van der Waals surface area contributed by atoms with Crippen LogP contribution in [0.3, 0.4) is 0 Å². The Balaban J connectivity index is 1.80. The van der Waals surface area contributed by atoms with E-state index in [1.807, 2.05) is 13.0 Å². The maximum absolute atomic E-state index is 13.8. The Labute approximate surface area is 156 Å². The molecule has 0 saturated heterocycles. The predicted octanol–water partition coefficient (Wildman–Crippen LogP) is 3.23. The minimum absolute atomic E-state index is 0.0191. The Morgan fingerprint density at radius 1 is 1.23 bits per heavy atom. The van der Waals surface area contributed by atoms with Crippen LogP contribution in [0.1, 0.15) is 24.2 Å². The second-order valence-electron chi connectivity index (χ2n) is 6.14. The highest BCUT2D eigenvalue weighted by Crippen LogP contribution is 2.17. The van der Waals surface area contributed by atoms with Gasteiger partial charge in [-0.15, -0.1) is 0 Å². The molecular weight excluding hydrogens is 359 g/mol. The zero-order chi connectivity index (χ0) is 19.1. The predicted molar refractivity (Wildman–Crippen MR) is 100 cm³/mol. The molecule has 0 amide bonds. The summed E-state index contributed by atoms with van der Waals surface area (Å²) in [5.41, 5.74) is 1.46. The maximum Gasteiger partial charge on any atom is 0.307 e. The summed E-state index contributed by atoms with van der Waals surface area (Å²) < 4.78 is 13.8. The molecule has 4 N–H and O–H groups in total. The molecule has 0 aromatic heterocycles. The molecule has 0 fully saturated rings. The molecule has 2 aromatic carbocycles. The minimum atomic E-state index is -1.07. The number of rotatable bonds is 9. The lowest BCUT2D eigenvalue weighted by Crippen LogP contribution is -2.35. The van der Waals surface area contributed by atoms with Gasteiger partial charge >= 0.3 is 5.97 Å². The van der Waals surface area contributed by atoms with E-state index >= 15 is 0 Å². The largest absolute Gasteiger partial charge is 0.481 e. The number of carbonyl (C=O) groups is 1. The van der Waals surface area contributed by atoms with Gasteiger partial charge in [-0.25, -0.2) is 4.39 Å². The lowest BCUT2D eigenvalue weighted by atomic mass is 10.1. The molecule has 2 rings (SSSR count). The number of aliphatic hydroxyl groups excluding tert-OH is 1. The number of benzene rings is 2. The van der Waals surface area contributed by atoms with E-state index in [4.69, 9.17) is 16.7 Å². The molecular formula is C19H22ClFN2O3. The molecule has 0 aliphatic carbocycles. The van der Waals surface area contributed by atoms with Crippen LogP contribution < -0.4 is 10.6 Å². The normalized spacial score (nSPS) is 13.2. The number of halogens is 2. The lowest BCUT2D eigenvalue weighted by molar-refractivity contribution is -0.136. The Morgan fingerprint density at radius 3 is 2.65 bits per heavy atom. The van der Waals surface area contributed by atoms with Crippen LogP contribution in [0.2, 0.25) is 5.02 Å². The van der Waals surface area contributed by atoms with Crippen LogP contribution in [0.15, 0.2) is 42.5 Å². The van der Waals surface area contributed by atoms with E-state index in [9.17, 15) is 14.3 Å². The first kappa shape index (κ1) is 20.2. The number of aliphatic carboxylic acids is 1. The van der Waals surface area contributed by atoms with Gasteiger partial charge in [0.05, 0.1) is 12.5 Å². The van der Waals surface area contributed by atoms with Gasteiger partial charge in [0.1, 0.15) is 5.82 Å². The number of carboxylic acid groups (broad SMARTS) is 1. The number of hydrogen-bond donors (Lipinski definition) is 4. The Kier molecular flexibility index (Phi) is 7.38. The fourth-order valence-electron chi connectivity index (χ4n) is 2.45. The van der Waals surface area contributed by atoms with Gasteiger partial charge in [-0.1, -0.05) is 29.8 Å². The molecule has 5 nitrogen and oxygen atoms in total. The van der Waals surface area contributed by atoms with Crippen LogP contribution in [-0.2, 0) is 11.2 Å². The van der Waals surface area contributed by atoms with Crippen LogP contribution in [0.5, 0.6) is 0 Å². The van der Waals surface area contributed by atoms with Crippen molar-refractivity contribution in [2.75, 3.05) is 18.4 Å². The van der Waals surface area contributed by atoms with Gasteiger partial charge in [0, 0.05) is 29.8 Å². The lowest BCUT2D eigenvalue weighted by Gasteiger charge is -2.19. The van der Waals surface area contributed by atoms with Gasteiger partial charge in [-0.05, 0) is 42.3 Å². The van der Waals surface area contributed by atoms with Gasteiger partial charge in [0.25, 0.3) is 0 Å². The number of carboxylic acids is 1. The summed E-state index contributed by atoms with van der Waals surface area (Å²) in [6.45, 7) is 2.81. The van der Waals surface area contributed by atoms with Crippen molar-refractivity contribution in [3.8, 4) is 0 Å². The summed E-state index contributed by atoms with van der Waals surface area (Å²) in [5.74, 6) is -1.62. The van der Waals surface area contributed by atoms with Crippen molar-refractivity contribution in [2.24, 2.45) is 0 Å². The van der Waals surface area contributed by atoms with E-state index in [1.54, 1.807) is 24.3 Å². The fourth-order valence-corrected chi connectivity index (χ4v) is 2.65. The molecule has 140 valence electrons.